The molecule has 1 aromatic heterocycles. The molecule has 0 amide bonds. The third-order valence-corrected chi connectivity index (χ3v) is 5.92. The Labute approximate surface area is 144 Å². The van der Waals surface area contributed by atoms with Crippen LogP contribution in [0.3, 0.4) is 0 Å². The highest BCUT2D eigenvalue weighted by molar-refractivity contribution is 7.15. The van der Waals surface area contributed by atoms with Crippen LogP contribution in [-0.4, -0.2) is 0 Å². The largest absolute Gasteiger partial charge is 0.204 e. The predicted octanol–water partition coefficient (Wildman–Crippen LogP) is 6.57. The Balaban J connectivity index is 1.85. The molecule has 1 aliphatic carbocycles. The molecule has 0 saturated heterocycles. The van der Waals surface area contributed by atoms with Crippen LogP contribution in [0.1, 0.15) is 18.7 Å². The molecule has 1 heterocycles. The summed E-state index contributed by atoms with van der Waals surface area (Å²) in [6.45, 7) is 4.38. The summed E-state index contributed by atoms with van der Waals surface area (Å²) in [5.41, 5.74) is 1.94. The summed E-state index contributed by atoms with van der Waals surface area (Å²) in [4.78, 5) is 2.11. The number of rotatable bonds is 3. The van der Waals surface area contributed by atoms with Crippen molar-refractivity contribution >= 4 is 22.9 Å². The van der Waals surface area contributed by atoms with Crippen LogP contribution in [0.15, 0.2) is 53.1 Å². The lowest BCUT2D eigenvalue weighted by Crippen LogP contribution is -2.14. The quantitative estimate of drug-likeness (QED) is 0.587. The molecule has 1 aromatic carbocycles. The second-order valence-electron chi connectivity index (χ2n) is 5.95. The number of benzene rings is 1. The Morgan fingerprint density at radius 1 is 1.09 bits per heavy atom. The van der Waals surface area contributed by atoms with Gasteiger partial charge in [-0.1, -0.05) is 37.6 Å². The zero-order chi connectivity index (χ0) is 16.6. The van der Waals surface area contributed by atoms with Gasteiger partial charge >= 0.3 is 0 Å². The molecule has 120 valence electrons. The van der Waals surface area contributed by atoms with Crippen LogP contribution in [0, 0.1) is 23.5 Å². The minimum atomic E-state index is -0.820. The smallest absolute Gasteiger partial charge is 0.159 e. The van der Waals surface area contributed by atoms with Crippen molar-refractivity contribution in [3.63, 3.8) is 0 Å². The summed E-state index contributed by atoms with van der Waals surface area (Å²) in [5.74, 6) is -0.762. The Kier molecular flexibility index (Phi) is 4.69. The molecule has 0 N–H and O–H groups in total. The highest BCUT2D eigenvalue weighted by Gasteiger charge is 2.21. The summed E-state index contributed by atoms with van der Waals surface area (Å²) in [7, 11) is 0. The van der Waals surface area contributed by atoms with Crippen molar-refractivity contribution in [1.29, 1.82) is 0 Å². The number of halogens is 3. The number of hydrogen-bond acceptors (Lipinski definition) is 1. The van der Waals surface area contributed by atoms with Gasteiger partial charge in [-0.3, -0.25) is 0 Å². The molecule has 0 aliphatic heterocycles. The van der Waals surface area contributed by atoms with Crippen molar-refractivity contribution in [3.8, 4) is 10.4 Å². The lowest BCUT2D eigenvalue weighted by molar-refractivity contribution is 0.509. The number of hydrogen-bond donors (Lipinski definition) is 0. The fourth-order valence-corrected chi connectivity index (χ4v) is 4.09. The summed E-state index contributed by atoms with van der Waals surface area (Å²) in [5, 5.41) is 0.818. The molecule has 23 heavy (non-hydrogen) atoms. The molecule has 1 aliphatic rings. The third-order valence-electron chi connectivity index (χ3n) is 4.42. The fourth-order valence-electron chi connectivity index (χ4n) is 2.76. The van der Waals surface area contributed by atoms with E-state index in [1.54, 1.807) is 17.4 Å². The van der Waals surface area contributed by atoms with Crippen molar-refractivity contribution in [2.24, 2.45) is 11.8 Å². The standard InChI is InChI=1S/C19H17ClF2S/c1-11-3-6-16(20)15(12(11)2)10-14-5-8-19(23-14)13-4-7-17(21)18(22)9-13/h3-9,11-12H,10H2,1-2H3. The van der Waals surface area contributed by atoms with Gasteiger partial charge in [0, 0.05) is 21.2 Å². The molecule has 2 aromatic rings. The Bertz CT molecular complexity index is 788. The summed E-state index contributed by atoms with van der Waals surface area (Å²) >= 11 is 7.95. The van der Waals surface area contributed by atoms with Crippen LogP contribution in [0.2, 0.25) is 0 Å². The van der Waals surface area contributed by atoms with Crippen LogP contribution in [0.5, 0.6) is 0 Å². The van der Waals surface area contributed by atoms with Crippen molar-refractivity contribution in [2.75, 3.05) is 0 Å². The predicted molar refractivity (Wildman–Crippen MR) is 93.7 cm³/mol. The van der Waals surface area contributed by atoms with E-state index in [9.17, 15) is 8.78 Å². The van der Waals surface area contributed by atoms with Crippen molar-refractivity contribution in [2.45, 2.75) is 20.3 Å². The molecule has 0 spiro atoms. The molecule has 0 nitrogen and oxygen atoms in total. The average Bonchev–Trinajstić information content (AvgIpc) is 2.99. The van der Waals surface area contributed by atoms with Gasteiger partial charge in [0.05, 0.1) is 0 Å². The first-order chi connectivity index (χ1) is 11.0. The van der Waals surface area contributed by atoms with Gasteiger partial charge in [-0.15, -0.1) is 11.3 Å². The molecular formula is C19H17ClF2S. The van der Waals surface area contributed by atoms with E-state index in [0.29, 0.717) is 17.4 Å². The number of allylic oxidation sites excluding steroid dienone is 4. The molecule has 0 radical (unpaired) electrons. The normalized spacial score (nSPS) is 21.1. The minimum absolute atomic E-state index is 0.404. The van der Waals surface area contributed by atoms with E-state index in [1.165, 1.54) is 22.6 Å². The van der Waals surface area contributed by atoms with E-state index in [1.807, 2.05) is 18.2 Å². The lowest BCUT2D eigenvalue weighted by atomic mass is 9.83. The molecule has 3 rings (SSSR count). The van der Waals surface area contributed by atoms with Gasteiger partial charge < -0.3 is 0 Å². The third kappa shape index (κ3) is 3.41. The lowest BCUT2D eigenvalue weighted by Gasteiger charge is -2.24. The molecular weight excluding hydrogens is 334 g/mol. The van der Waals surface area contributed by atoms with E-state index < -0.39 is 11.6 Å². The van der Waals surface area contributed by atoms with E-state index in [4.69, 9.17) is 11.6 Å². The fraction of sp³-hybridized carbons (Fsp3) is 0.263. The Hall–Kier alpha value is -1.45. The molecule has 0 saturated carbocycles. The van der Waals surface area contributed by atoms with E-state index in [0.717, 1.165) is 16.3 Å². The Morgan fingerprint density at radius 3 is 2.61 bits per heavy atom. The van der Waals surface area contributed by atoms with Gasteiger partial charge in [-0.2, -0.15) is 0 Å². The zero-order valence-electron chi connectivity index (χ0n) is 12.9. The van der Waals surface area contributed by atoms with Crippen LogP contribution >= 0.6 is 22.9 Å². The van der Waals surface area contributed by atoms with Crippen molar-refractivity contribution in [1.82, 2.24) is 0 Å². The van der Waals surface area contributed by atoms with E-state index >= 15 is 0 Å². The topological polar surface area (TPSA) is 0 Å². The van der Waals surface area contributed by atoms with E-state index in [-0.39, 0.29) is 0 Å². The summed E-state index contributed by atoms with van der Waals surface area (Å²) < 4.78 is 26.4. The van der Waals surface area contributed by atoms with Crippen molar-refractivity contribution < 1.29 is 8.78 Å². The maximum Gasteiger partial charge on any atom is 0.159 e. The maximum atomic E-state index is 13.4. The SMILES string of the molecule is CC1C=CC(Cl)=C(Cc2ccc(-c3ccc(F)c(F)c3)s2)C1C. The summed E-state index contributed by atoms with van der Waals surface area (Å²) in [6, 6.07) is 8.00. The van der Waals surface area contributed by atoms with Crippen LogP contribution in [-0.2, 0) is 6.42 Å². The first-order valence-corrected chi connectivity index (χ1v) is 8.76. The minimum Gasteiger partial charge on any atom is -0.204 e. The second kappa shape index (κ2) is 6.58. The van der Waals surface area contributed by atoms with Gasteiger partial charge in [-0.05, 0) is 53.3 Å². The number of thiophene rings is 1. The van der Waals surface area contributed by atoms with Gasteiger partial charge in [-0.25, -0.2) is 8.78 Å². The van der Waals surface area contributed by atoms with Gasteiger partial charge in [0.15, 0.2) is 11.6 Å². The second-order valence-corrected chi connectivity index (χ2v) is 7.53. The molecule has 2 atom stereocenters. The summed E-state index contributed by atoms with van der Waals surface area (Å²) in [6.07, 6.45) is 4.91. The maximum absolute atomic E-state index is 13.4. The van der Waals surface area contributed by atoms with Crippen molar-refractivity contribution in [3.05, 3.63) is 69.6 Å². The van der Waals surface area contributed by atoms with Gasteiger partial charge in [0.1, 0.15) is 0 Å². The van der Waals surface area contributed by atoms with Crippen LogP contribution in [0.4, 0.5) is 8.78 Å². The van der Waals surface area contributed by atoms with E-state index in [2.05, 4.69) is 19.9 Å². The Morgan fingerprint density at radius 2 is 1.87 bits per heavy atom. The molecule has 0 bridgehead atoms. The van der Waals surface area contributed by atoms with Crippen LogP contribution < -0.4 is 0 Å². The van der Waals surface area contributed by atoms with Gasteiger partial charge in [0.2, 0.25) is 0 Å². The molecule has 2 unspecified atom stereocenters. The highest BCUT2D eigenvalue weighted by atomic mass is 35.5. The monoisotopic (exact) mass is 350 g/mol. The first-order valence-electron chi connectivity index (χ1n) is 7.56. The van der Waals surface area contributed by atoms with Gasteiger partial charge in [0.25, 0.3) is 0 Å². The first kappa shape index (κ1) is 16.4. The average molecular weight is 351 g/mol. The van der Waals surface area contributed by atoms with Crippen LogP contribution in [0.25, 0.3) is 10.4 Å². The molecule has 0 fully saturated rings. The molecule has 4 heteroatoms. The highest BCUT2D eigenvalue weighted by Crippen LogP contribution is 2.36. The zero-order valence-corrected chi connectivity index (χ0v) is 14.5.